The van der Waals surface area contributed by atoms with Crippen LogP contribution in [0.25, 0.3) is 83.6 Å². The van der Waals surface area contributed by atoms with Gasteiger partial charge in [-0.05, 0) is 68.8 Å². The Morgan fingerprint density at radius 1 is 0.553 bits per heavy atom. The third-order valence-electron chi connectivity index (χ3n) is 8.49. The van der Waals surface area contributed by atoms with Gasteiger partial charge in [0.25, 0.3) is 0 Å². The van der Waals surface area contributed by atoms with Crippen LogP contribution in [0, 0.1) is 12.1 Å². The quantitative estimate of drug-likeness (QED) is 0.163. The molecule has 0 N–H and O–H groups in total. The number of para-hydroxylation sites is 2. The molecule has 0 spiro atoms. The summed E-state index contributed by atoms with van der Waals surface area (Å²) in [7, 11) is 0. The molecule has 0 aliphatic carbocycles. The van der Waals surface area contributed by atoms with E-state index in [9.17, 15) is 0 Å². The van der Waals surface area contributed by atoms with Gasteiger partial charge in [0.05, 0.1) is 5.52 Å². The molecule has 0 bridgehead atoms. The van der Waals surface area contributed by atoms with Gasteiger partial charge in [-0.25, -0.2) is 0 Å². The molecule has 9 aromatic rings. The van der Waals surface area contributed by atoms with Crippen molar-refractivity contribution >= 4 is 32.9 Å². The van der Waals surface area contributed by atoms with E-state index in [0.29, 0.717) is 5.89 Å². The molecule has 0 aliphatic rings. The summed E-state index contributed by atoms with van der Waals surface area (Å²) in [5.41, 5.74) is 11.8. The predicted octanol–water partition coefficient (Wildman–Crippen LogP) is 10.6. The number of nitrogens with zero attached hydrogens (tertiary/aromatic N) is 3. The van der Waals surface area contributed by atoms with Crippen LogP contribution in [0.4, 0.5) is 0 Å². The van der Waals surface area contributed by atoms with Gasteiger partial charge in [-0.3, -0.25) is 4.98 Å². The Kier molecular flexibility index (Phi) is 7.36. The van der Waals surface area contributed by atoms with Crippen molar-refractivity contribution in [1.29, 1.82) is 0 Å². The smallest absolute Gasteiger partial charge is 0.481 e. The Labute approximate surface area is 286 Å². The third-order valence-corrected chi connectivity index (χ3v) is 8.49. The Morgan fingerprint density at radius 3 is 2.11 bits per heavy atom. The van der Waals surface area contributed by atoms with Gasteiger partial charge in [-0.2, -0.15) is 0 Å². The average Bonchev–Trinajstić information content (AvgIpc) is 3.71. The normalized spacial score (nSPS) is 11.2. The van der Waals surface area contributed by atoms with Crippen LogP contribution in [-0.2, 0) is 21.1 Å². The maximum absolute atomic E-state index is 6.15. The molecule has 6 aromatic carbocycles. The zero-order valence-corrected chi connectivity index (χ0v) is 27.3. The zero-order chi connectivity index (χ0) is 30.5. The van der Waals surface area contributed by atoms with E-state index in [2.05, 4.69) is 107 Å². The molecule has 0 saturated heterocycles. The van der Waals surface area contributed by atoms with Crippen LogP contribution < -0.4 is 0 Å². The van der Waals surface area contributed by atoms with Gasteiger partial charge >= 0.3 is 21.1 Å². The SMILES string of the molecule is [Pt+2].[c-]1c(-c2ccccn2)cccc1-n1c2[c-]c(-c3nc4ccccc4o3)ccc2c2cc(-c3ccc(-c4ccccc4)cc3)ccc21. The van der Waals surface area contributed by atoms with Gasteiger partial charge in [-0.1, -0.05) is 102 Å². The number of fused-ring (bicyclic) bond motifs is 4. The molecule has 9 rings (SSSR count). The second kappa shape index (κ2) is 12.0. The fourth-order valence-corrected chi connectivity index (χ4v) is 6.23. The molecule has 0 fully saturated rings. The van der Waals surface area contributed by atoms with Crippen LogP contribution in [0.3, 0.4) is 0 Å². The summed E-state index contributed by atoms with van der Waals surface area (Å²) < 4.78 is 8.38. The first-order valence-corrected chi connectivity index (χ1v) is 15.2. The monoisotopic (exact) mass is 782 g/mol. The summed E-state index contributed by atoms with van der Waals surface area (Å²) >= 11 is 0. The van der Waals surface area contributed by atoms with E-state index in [4.69, 9.17) is 9.40 Å². The molecule has 4 nitrogen and oxygen atoms in total. The van der Waals surface area contributed by atoms with Crippen LogP contribution >= 0.6 is 0 Å². The molecule has 0 radical (unpaired) electrons. The first-order chi connectivity index (χ1) is 22.8. The van der Waals surface area contributed by atoms with Gasteiger partial charge in [-0.15, -0.1) is 48.0 Å². The number of hydrogen-bond acceptors (Lipinski definition) is 3. The zero-order valence-electron chi connectivity index (χ0n) is 25.0. The summed E-state index contributed by atoms with van der Waals surface area (Å²) in [6.45, 7) is 0. The topological polar surface area (TPSA) is 43.9 Å². The van der Waals surface area contributed by atoms with Gasteiger partial charge in [0.1, 0.15) is 11.5 Å². The van der Waals surface area contributed by atoms with Crippen molar-refractivity contribution in [3.05, 3.63) is 164 Å². The Balaban J connectivity index is 0.00000324. The fraction of sp³-hybridized carbons (Fsp3) is 0. The average molecular weight is 783 g/mol. The number of aromatic nitrogens is 3. The molecule has 0 aliphatic heterocycles. The number of oxazole rings is 1. The molecular weight excluding hydrogens is 758 g/mol. The van der Waals surface area contributed by atoms with E-state index in [1.165, 1.54) is 16.7 Å². The number of pyridine rings is 1. The second-order valence-corrected chi connectivity index (χ2v) is 11.3. The van der Waals surface area contributed by atoms with E-state index < -0.39 is 0 Å². The van der Waals surface area contributed by atoms with Crippen molar-refractivity contribution in [2.24, 2.45) is 0 Å². The molecule has 0 saturated carbocycles. The Bertz CT molecular complexity index is 2480. The third kappa shape index (κ3) is 5.17. The summed E-state index contributed by atoms with van der Waals surface area (Å²) in [6.07, 6.45) is 1.81. The summed E-state index contributed by atoms with van der Waals surface area (Å²) in [4.78, 5) is 9.33. The molecule has 47 heavy (non-hydrogen) atoms. The molecule has 0 atom stereocenters. The summed E-state index contributed by atoms with van der Waals surface area (Å²) in [6, 6.07) is 57.4. The van der Waals surface area contributed by atoms with Crippen LogP contribution in [0.15, 0.2) is 156 Å². The van der Waals surface area contributed by atoms with E-state index in [1.54, 1.807) is 0 Å². The van der Waals surface area contributed by atoms with Crippen molar-refractivity contribution < 1.29 is 25.5 Å². The first-order valence-electron chi connectivity index (χ1n) is 15.2. The van der Waals surface area contributed by atoms with Crippen LogP contribution in [-0.4, -0.2) is 14.5 Å². The molecular formula is C42H25N3OPt. The minimum atomic E-state index is 0. The summed E-state index contributed by atoms with van der Waals surface area (Å²) in [5.74, 6) is 0.547. The maximum Gasteiger partial charge on any atom is 2.00 e. The molecule has 224 valence electrons. The van der Waals surface area contributed by atoms with Gasteiger partial charge in [0.15, 0.2) is 0 Å². The predicted molar refractivity (Wildman–Crippen MR) is 186 cm³/mol. The molecule has 3 aromatic heterocycles. The molecule has 0 amide bonds. The van der Waals surface area contributed by atoms with Crippen LogP contribution in [0.2, 0.25) is 0 Å². The van der Waals surface area contributed by atoms with E-state index >= 15 is 0 Å². The van der Waals surface area contributed by atoms with E-state index in [-0.39, 0.29) is 21.1 Å². The minimum Gasteiger partial charge on any atom is -0.481 e. The number of rotatable bonds is 5. The number of benzene rings is 6. The molecule has 3 heterocycles. The molecule has 0 unspecified atom stereocenters. The fourth-order valence-electron chi connectivity index (χ4n) is 6.23. The van der Waals surface area contributed by atoms with Crippen molar-refractivity contribution in [2.45, 2.75) is 0 Å². The van der Waals surface area contributed by atoms with Crippen LogP contribution in [0.5, 0.6) is 0 Å². The van der Waals surface area contributed by atoms with Gasteiger partial charge in [0.2, 0.25) is 0 Å². The van der Waals surface area contributed by atoms with Crippen LogP contribution in [0.1, 0.15) is 0 Å². The van der Waals surface area contributed by atoms with Crippen molar-refractivity contribution in [2.75, 3.05) is 0 Å². The molecule has 5 heteroatoms. The van der Waals surface area contributed by atoms with Gasteiger partial charge in [0, 0.05) is 11.7 Å². The first kappa shape index (κ1) is 28.9. The minimum absolute atomic E-state index is 0. The second-order valence-electron chi connectivity index (χ2n) is 11.3. The summed E-state index contributed by atoms with van der Waals surface area (Å²) in [5, 5.41) is 2.23. The van der Waals surface area contributed by atoms with Gasteiger partial charge < -0.3 is 14.0 Å². The largest absolute Gasteiger partial charge is 2.00 e. The van der Waals surface area contributed by atoms with Crippen molar-refractivity contribution in [3.63, 3.8) is 0 Å². The van der Waals surface area contributed by atoms with E-state index in [1.807, 2.05) is 66.9 Å². The maximum atomic E-state index is 6.15. The Morgan fingerprint density at radius 2 is 1.30 bits per heavy atom. The van der Waals surface area contributed by atoms with E-state index in [0.717, 1.165) is 61.0 Å². The van der Waals surface area contributed by atoms with Crippen molar-refractivity contribution in [1.82, 2.24) is 14.5 Å². The number of hydrogen-bond donors (Lipinski definition) is 0. The standard InChI is InChI=1S/C42H25N3O.Pt/c1-2-9-28(10-3-1)29-16-18-30(19-17-29)31-21-23-39-36(26-31)35-22-20-33(42-44-38-14-4-5-15-41(38)46-42)27-40(35)45(39)34-12-8-11-32(25-34)37-13-6-7-24-43-37;/h1-24,26H;/q-2;+2. The van der Waals surface area contributed by atoms with Crippen molar-refractivity contribution in [3.8, 4) is 50.7 Å². The Hall–Kier alpha value is -5.57.